The van der Waals surface area contributed by atoms with Gasteiger partial charge >= 0.3 is 6.03 Å². The quantitative estimate of drug-likeness (QED) is 0.402. The molecule has 2 unspecified atom stereocenters. The minimum atomic E-state index is -0.633. The summed E-state index contributed by atoms with van der Waals surface area (Å²) in [5.41, 5.74) is 4.26. The molecule has 0 saturated carbocycles. The molecule has 3 aliphatic heterocycles. The predicted octanol–water partition coefficient (Wildman–Crippen LogP) is 5.08. The molecule has 0 radical (unpaired) electrons. The number of hydrogen-bond acceptors (Lipinski definition) is 4. The van der Waals surface area contributed by atoms with Crippen LogP contribution < -0.4 is 14.4 Å². The summed E-state index contributed by atoms with van der Waals surface area (Å²) >= 11 is 6.35. The molecule has 7 nitrogen and oxygen atoms in total. The topological polar surface area (TPSA) is 74.9 Å². The zero-order valence-corrected chi connectivity index (χ0v) is 19.3. The van der Waals surface area contributed by atoms with Crippen molar-refractivity contribution in [3.63, 3.8) is 0 Å². The van der Waals surface area contributed by atoms with Gasteiger partial charge in [0.1, 0.15) is 25.3 Å². The Kier molecular flexibility index (Phi) is 4.38. The van der Waals surface area contributed by atoms with Crippen molar-refractivity contribution in [1.82, 2.24) is 9.88 Å². The average Bonchev–Trinajstić information content (AvgIpc) is 3.37. The van der Waals surface area contributed by atoms with Crippen molar-refractivity contribution >= 4 is 40.1 Å². The number of benzene rings is 3. The number of aromatic amines is 1. The van der Waals surface area contributed by atoms with Crippen LogP contribution in [0.1, 0.15) is 22.9 Å². The first-order valence-electron chi connectivity index (χ1n) is 11.5. The number of anilines is 1. The standard InChI is InChI=1S/C27H20ClN3O4/c28-16-5-3-4-15(12-16)25-24-19(18-6-1-2-7-20(18)29-24)14-21-26(32)30(27(33)31(21)25)17-8-9-22-23(13-17)35-11-10-34-22/h1-9,12-13,21,25,29H,10-11,14H2. The predicted molar refractivity (Wildman–Crippen MR) is 131 cm³/mol. The third-order valence-corrected chi connectivity index (χ3v) is 7.23. The van der Waals surface area contributed by atoms with Crippen molar-refractivity contribution in [3.8, 4) is 11.5 Å². The number of H-pyrrole nitrogens is 1. The van der Waals surface area contributed by atoms with Gasteiger partial charge in [-0.15, -0.1) is 0 Å². The van der Waals surface area contributed by atoms with E-state index in [-0.39, 0.29) is 11.9 Å². The third kappa shape index (κ3) is 2.98. The van der Waals surface area contributed by atoms with E-state index in [2.05, 4.69) is 11.1 Å². The first-order valence-corrected chi connectivity index (χ1v) is 11.9. The number of urea groups is 1. The molecule has 1 fully saturated rings. The van der Waals surface area contributed by atoms with Crippen molar-refractivity contribution in [1.29, 1.82) is 0 Å². The maximum atomic E-state index is 13.9. The van der Waals surface area contributed by atoms with Crippen LogP contribution >= 0.6 is 11.6 Å². The summed E-state index contributed by atoms with van der Waals surface area (Å²) in [6.45, 7) is 0.891. The van der Waals surface area contributed by atoms with Crippen LogP contribution in [0.4, 0.5) is 10.5 Å². The molecule has 35 heavy (non-hydrogen) atoms. The Hall–Kier alpha value is -3.97. The first-order chi connectivity index (χ1) is 17.1. The van der Waals surface area contributed by atoms with Crippen LogP contribution in [0, 0.1) is 0 Å². The molecule has 7 rings (SSSR count). The van der Waals surface area contributed by atoms with Crippen molar-refractivity contribution in [2.75, 3.05) is 18.1 Å². The van der Waals surface area contributed by atoms with E-state index in [0.29, 0.717) is 41.8 Å². The molecular weight excluding hydrogens is 466 g/mol. The molecular formula is C27H20ClN3O4. The van der Waals surface area contributed by atoms with Crippen LogP contribution in [0.2, 0.25) is 5.02 Å². The zero-order chi connectivity index (χ0) is 23.7. The van der Waals surface area contributed by atoms with E-state index in [1.165, 1.54) is 4.90 Å². The zero-order valence-electron chi connectivity index (χ0n) is 18.5. The number of nitrogens with one attached hydrogen (secondary N) is 1. The second-order valence-electron chi connectivity index (χ2n) is 8.93. The second-order valence-corrected chi connectivity index (χ2v) is 9.37. The van der Waals surface area contributed by atoms with Crippen LogP contribution in [-0.2, 0) is 11.2 Å². The van der Waals surface area contributed by atoms with E-state index < -0.39 is 12.1 Å². The van der Waals surface area contributed by atoms with E-state index in [0.717, 1.165) is 27.7 Å². The van der Waals surface area contributed by atoms with Gasteiger partial charge < -0.3 is 14.5 Å². The summed E-state index contributed by atoms with van der Waals surface area (Å²) in [4.78, 5) is 34.2. The van der Waals surface area contributed by atoms with Crippen molar-refractivity contribution in [2.24, 2.45) is 0 Å². The smallest absolute Gasteiger partial charge is 0.332 e. The van der Waals surface area contributed by atoms with Gasteiger partial charge in [-0.1, -0.05) is 41.9 Å². The first kappa shape index (κ1) is 20.4. The van der Waals surface area contributed by atoms with Crippen LogP contribution in [0.3, 0.4) is 0 Å². The molecule has 4 aromatic rings. The molecule has 3 aromatic carbocycles. The number of ether oxygens (including phenoxy) is 2. The van der Waals surface area contributed by atoms with Gasteiger partial charge in [0.05, 0.1) is 5.69 Å². The number of carbonyl (C=O) groups excluding carboxylic acids is 2. The van der Waals surface area contributed by atoms with Gasteiger partial charge in [0.2, 0.25) is 0 Å². The van der Waals surface area contributed by atoms with Crippen molar-refractivity contribution in [3.05, 3.63) is 88.6 Å². The molecule has 0 aliphatic carbocycles. The Morgan fingerprint density at radius 2 is 1.74 bits per heavy atom. The maximum Gasteiger partial charge on any atom is 0.332 e. The largest absolute Gasteiger partial charge is 0.486 e. The minimum absolute atomic E-state index is 0.255. The number of carbonyl (C=O) groups is 2. The SMILES string of the molecule is O=C1C2Cc3c([nH]c4ccccc34)C(c3cccc(Cl)c3)N2C(=O)N1c1ccc2c(c1)OCCO2. The molecule has 0 spiro atoms. The lowest BCUT2D eigenvalue weighted by molar-refractivity contribution is -0.120. The number of aromatic nitrogens is 1. The molecule has 8 heteroatoms. The Labute approximate surface area is 205 Å². The lowest BCUT2D eigenvalue weighted by atomic mass is 9.89. The molecule has 1 N–H and O–H groups in total. The fourth-order valence-corrected chi connectivity index (χ4v) is 5.71. The molecule has 1 aromatic heterocycles. The Balaban J connectivity index is 1.38. The molecule has 0 bridgehead atoms. The monoisotopic (exact) mass is 485 g/mol. The van der Waals surface area contributed by atoms with E-state index >= 15 is 0 Å². The maximum absolute atomic E-state index is 13.9. The summed E-state index contributed by atoms with van der Waals surface area (Å²) in [7, 11) is 0. The van der Waals surface area contributed by atoms with Crippen LogP contribution in [-0.4, -0.2) is 41.1 Å². The Morgan fingerprint density at radius 1 is 0.914 bits per heavy atom. The van der Waals surface area contributed by atoms with Gasteiger partial charge in [-0.2, -0.15) is 0 Å². The van der Waals surface area contributed by atoms with E-state index in [4.69, 9.17) is 21.1 Å². The highest BCUT2D eigenvalue weighted by Crippen LogP contribution is 2.46. The minimum Gasteiger partial charge on any atom is -0.486 e. The van der Waals surface area contributed by atoms with Gasteiger partial charge in [0.15, 0.2) is 11.5 Å². The van der Waals surface area contributed by atoms with Crippen LogP contribution in [0.25, 0.3) is 10.9 Å². The van der Waals surface area contributed by atoms with Gasteiger partial charge in [-0.05, 0) is 41.5 Å². The number of hydrogen-bond donors (Lipinski definition) is 1. The fourth-order valence-electron chi connectivity index (χ4n) is 5.51. The summed E-state index contributed by atoms with van der Waals surface area (Å²) in [6, 6.07) is 19.2. The highest BCUT2D eigenvalue weighted by molar-refractivity contribution is 6.30. The summed E-state index contributed by atoms with van der Waals surface area (Å²) in [6.07, 6.45) is 0.433. The molecule has 3 aliphatic rings. The van der Waals surface area contributed by atoms with Gasteiger partial charge in [-0.25, -0.2) is 9.69 Å². The summed E-state index contributed by atoms with van der Waals surface area (Å²) < 4.78 is 11.3. The summed E-state index contributed by atoms with van der Waals surface area (Å²) in [5, 5.41) is 1.64. The highest BCUT2D eigenvalue weighted by Gasteiger charge is 2.53. The second kappa shape index (κ2) is 7.52. The molecule has 4 heterocycles. The molecule has 2 atom stereocenters. The number of imide groups is 1. The number of fused-ring (bicyclic) bond motifs is 5. The van der Waals surface area contributed by atoms with Gasteiger partial charge in [-0.3, -0.25) is 9.69 Å². The van der Waals surface area contributed by atoms with Crippen molar-refractivity contribution in [2.45, 2.75) is 18.5 Å². The normalized spacial score (nSPS) is 20.8. The van der Waals surface area contributed by atoms with Crippen LogP contribution in [0.15, 0.2) is 66.7 Å². The number of amides is 3. The Morgan fingerprint density at radius 3 is 2.60 bits per heavy atom. The number of para-hydroxylation sites is 1. The van der Waals surface area contributed by atoms with Gasteiger partial charge in [0.25, 0.3) is 5.91 Å². The molecule has 3 amide bonds. The average molecular weight is 486 g/mol. The van der Waals surface area contributed by atoms with Crippen LogP contribution in [0.5, 0.6) is 11.5 Å². The van der Waals surface area contributed by atoms with Crippen molar-refractivity contribution < 1.29 is 19.1 Å². The van der Waals surface area contributed by atoms with E-state index in [9.17, 15) is 9.59 Å². The van der Waals surface area contributed by atoms with E-state index in [1.807, 2.05) is 36.4 Å². The van der Waals surface area contributed by atoms with E-state index in [1.54, 1.807) is 29.2 Å². The fraction of sp³-hybridized carbons (Fsp3) is 0.185. The number of halogens is 1. The lowest BCUT2D eigenvalue weighted by Crippen LogP contribution is -2.44. The molecule has 174 valence electrons. The Bertz CT molecular complexity index is 1530. The molecule has 1 saturated heterocycles. The highest BCUT2D eigenvalue weighted by atomic mass is 35.5. The third-order valence-electron chi connectivity index (χ3n) is 7.00. The number of rotatable bonds is 2. The van der Waals surface area contributed by atoms with Gasteiger partial charge in [0, 0.05) is 34.1 Å². The number of nitrogens with zero attached hydrogens (tertiary/aromatic N) is 2. The summed E-state index contributed by atoms with van der Waals surface area (Å²) in [5.74, 6) is 0.881. The lowest BCUT2D eigenvalue weighted by Gasteiger charge is -2.36.